The van der Waals surface area contributed by atoms with Gasteiger partial charge >= 0.3 is 0 Å². The Morgan fingerprint density at radius 3 is 1.76 bits per heavy atom. The number of allylic oxidation sites excluding steroid dienone is 1. The molecule has 34 heavy (non-hydrogen) atoms. The molecule has 1 unspecified atom stereocenters. The summed E-state index contributed by atoms with van der Waals surface area (Å²) < 4.78 is 0. The minimum absolute atomic E-state index is 0.00904. The van der Waals surface area contributed by atoms with E-state index in [0.29, 0.717) is 5.56 Å². The van der Waals surface area contributed by atoms with Crippen LogP contribution in [0.3, 0.4) is 0 Å². The lowest BCUT2D eigenvalue weighted by Gasteiger charge is -2.46. The van der Waals surface area contributed by atoms with Crippen LogP contribution in [0.2, 0.25) is 0 Å². The van der Waals surface area contributed by atoms with Gasteiger partial charge in [-0.05, 0) is 63.3 Å². The molecule has 2 aromatic carbocycles. The quantitative estimate of drug-likeness (QED) is 0.279. The van der Waals surface area contributed by atoms with Crippen LogP contribution in [0.4, 0.5) is 0 Å². The molecule has 0 aliphatic heterocycles. The van der Waals surface area contributed by atoms with Crippen LogP contribution in [0, 0.1) is 27.7 Å². The third-order valence-electron chi connectivity index (χ3n) is 6.72. The van der Waals surface area contributed by atoms with Gasteiger partial charge in [0.2, 0.25) is 0 Å². The molecule has 0 spiro atoms. The number of rotatable bonds is 11. The molecule has 0 radical (unpaired) electrons. The number of aliphatic hydroxyl groups excluding tert-OH is 4. The van der Waals surface area contributed by atoms with E-state index in [9.17, 15) is 30.6 Å². The summed E-state index contributed by atoms with van der Waals surface area (Å²) in [4.78, 5) is 0. The highest BCUT2D eigenvalue weighted by Crippen LogP contribution is 2.36. The minimum atomic E-state index is -2.35. The third-order valence-corrected chi connectivity index (χ3v) is 6.72. The molecule has 0 aliphatic carbocycles. The lowest BCUT2D eigenvalue weighted by Crippen LogP contribution is -2.66. The highest BCUT2D eigenvalue weighted by atomic mass is 16.4. The maximum Gasteiger partial charge on any atom is 0.126 e. The molecule has 188 valence electrons. The number of hydrogen-bond donors (Lipinski definition) is 6. The zero-order valence-corrected chi connectivity index (χ0v) is 20.9. The van der Waals surface area contributed by atoms with Crippen LogP contribution in [0.1, 0.15) is 46.7 Å². The van der Waals surface area contributed by atoms with Crippen LogP contribution in [-0.4, -0.2) is 66.8 Å². The van der Waals surface area contributed by atoms with Gasteiger partial charge in [-0.15, -0.1) is 0 Å². The van der Waals surface area contributed by atoms with Crippen molar-refractivity contribution in [2.75, 3.05) is 6.61 Å². The van der Waals surface area contributed by atoms with Crippen LogP contribution in [0.5, 0.6) is 0 Å². The van der Waals surface area contributed by atoms with Crippen molar-refractivity contribution in [1.29, 1.82) is 0 Å². The van der Waals surface area contributed by atoms with E-state index in [4.69, 9.17) is 0 Å². The summed E-state index contributed by atoms with van der Waals surface area (Å²) in [5.74, 6) is 0. The Morgan fingerprint density at radius 2 is 1.32 bits per heavy atom. The Kier molecular flexibility index (Phi) is 9.60. The highest BCUT2D eigenvalue weighted by Gasteiger charge is 2.54. The number of aliphatic hydroxyl groups is 6. The van der Waals surface area contributed by atoms with Gasteiger partial charge in [-0.25, -0.2) is 0 Å². The van der Waals surface area contributed by atoms with Crippen molar-refractivity contribution in [3.8, 4) is 0 Å². The van der Waals surface area contributed by atoms with Crippen molar-refractivity contribution in [2.45, 2.75) is 83.4 Å². The van der Waals surface area contributed by atoms with E-state index in [1.165, 1.54) is 0 Å². The summed E-state index contributed by atoms with van der Waals surface area (Å²) >= 11 is 0. The molecule has 6 nitrogen and oxygen atoms in total. The lowest BCUT2D eigenvalue weighted by atomic mass is 9.71. The summed E-state index contributed by atoms with van der Waals surface area (Å²) in [5, 5.41) is 65.7. The fourth-order valence-electron chi connectivity index (χ4n) is 4.59. The normalized spacial score (nSPS) is 18.3. The van der Waals surface area contributed by atoms with Gasteiger partial charge in [-0.1, -0.05) is 59.7 Å². The molecule has 0 saturated carbocycles. The summed E-state index contributed by atoms with van der Waals surface area (Å²) in [5.41, 5.74) is 1.07. The molecule has 0 saturated heterocycles. The summed E-state index contributed by atoms with van der Waals surface area (Å²) in [6.07, 6.45) is -2.25. The van der Waals surface area contributed by atoms with E-state index in [1.807, 2.05) is 58.0 Å². The van der Waals surface area contributed by atoms with Gasteiger partial charge in [-0.3, -0.25) is 0 Å². The van der Waals surface area contributed by atoms with Gasteiger partial charge in [0.15, 0.2) is 0 Å². The van der Waals surface area contributed by atoms with E-state index < -0.39 is 36.1 Å². The van der Waals surface area contributed by atoms with Crippen LogP contribution in [-0.2, 0) is 12.8 Å². The SMILES string of the molecule is C/C=C/CC(O)(Cc1ccc(C)cc1C)[C@@H](O)[C@@](O)(Cc1ccc(C)cc1C)[C@H](O)[C@@H](O)CO. The monoisotopic (exact) mass is 472 g/mol. The van der Waals surface area contributed by atoms with Crippen molar-refractivity contribution in [3.05, 3.63) is 81.9 Å². The second kappa shape index (κ2) is 11.6. The van der Waals surface area contributed by atoms with Crippen LogP contribution >= 0.6 is 0 Å². The summed E-state index contributed by atoms with van der Waals surface area (Å²) in [6.45, 7) is 8.64. The summed E-state index contributed by atoms with van der Waals surface area (Å²) in [6, 6.07) is 11.3. The van der Waals surface area contributed by atoms with Crippen LogP contribution in [0.15, 0.2) is 48.6 Å². The van der Waals surface area contributed by atoms with Gasteiger partial charge < -0.3 is 30.6 Å². The van der Waals surface area contributed by atoms with E-state index >= 15 is 0 Å². The van der Waals surface area contributed by atoms with Crippen molar-refractivity contribution in [2.24, 2.45) is 0 Å². The molecule has 0 bridgehead atoms. The first-order chi connectivity index (χ1) is 15.9. The Labute approximate surface area is 202 Å². The zero-order chi connectivity index (χ0) is 25.7. The van der Waals surface area contributed by atoms with Crippen LogP contribution in [0.25, 0.3) is 0 Å². The Hall–Kier alpha value is -2.06. The van der Waals surface area contributed by atoms with Gasteiger partial charge in [0, 0.05) is 12.8 Å². The zero-order valence-electron chi connectivity index (χ0n) is 20.9. The number of aryl methyl sites for hydroxylation is 4. The van der Waals surface area contributed by atoms with Gasteiger partial charge in [0.05, 0.1) is 6.61 Å². The topological polar surface area (TPSA) is 121 Å². The van der Waals surface area contributed by atoms with E-state index in [2.05, 4.69) is 0 Å². The fourth-order valence-corrected chi connectivity index (χ4v) is 4.59. The molecule has 0 aliphatic rings. The van der Waals surface area contributed by atoms with Gasteiger partial charge in [0.1, 0.15) is 29.5 Å². The van der Waals surface area contributed by atoms with Crippen molar-refractivity contribution in [3.63, 3.8) is 0 Å². The van der Waals surface area contributed by atoms with Crippen molar-refractivity contribution < 1.29 is 30.6 Å². The van der Waals surface area contributed by atoms with E-state index in [-0.39, 0.29) is 19.3 Å². The number of benzene rings is 2. The summed E-state index contributed by atoms with van der Waals surface area (Å²) in [7, 11) is 0. The molecule has 0 amide bonds. The first kappa shape index (κ1) is 28.2. The van der Waals surface area contributed by atoms with E-state index in [0.717, 1.165) is 27.8 Å². The standard InChI is InChI=1S/C28H40O6/c1-6-7-12-27(33,15-22-10-8-18(2)13-20(22)4)26(32)28(34,25(31)24(30)17-29)16-23-11-9-19(3)14-21(23)5/h6-11,13-14,24-26,29-34H,12,15-17H2,1-5H3/b7-6+/t24-,25+,26+,27?,28+/m0/s1. The first-order valence-electron chi connectivity index (χ1n) is 11.7. The van der Waals surface area contributed by atoms with Gasteiger partial charge in [-0.2, -0.15) is 0 Å². The molecule has 2 rings (SSSR count). The highest BCUT2D eigenvalue weighted by molar-refractivity contribution is 5.34. The smallest absolute Gasteiger partial charge is 0.126 e. The molecule has 2 aromatic rings. The largest absolute Gasteiger partial charge is 0.394 e. The Balaban J connectivity index is 2.59. The van der Waals surface area contributed by atoms with E-state index in [1.54, 1.807) is 25.1 Å². The molecular formula is C28H40O6. The minimum Gasteiger partial charge on any atom is -0.394 e. The Morgan fingerprint density at radius 1 is 0.824 bits per heavy atom. The van der Waals surface area contributed by atoms with Gasteiger partial charge in [0.25, 0.3) is 0 Å². The van der Waals surface area contributed by atoms with Crippen molar-refractivity contribution >= 4 is 0 Å². The number of hydrogen-bond acceptors (Lipinski definition) is 6. The average Bonchev–Trinajstić information content (AvgIpc) is 2.79. The molecular weight excluding hydrogens is 432 g/mol. The van der Waals surface area contributed by atoms with Crippen LogP contribution < -0.4 is 0 Å². The predicted octanol–water partition coefficient (Wildman–Crippen LogP) is 2.21. The van der Waals surface area contributed by atoms with Crippen molar-refractivity contribution in [1.82, 2.24) is 0 Å². The molecule has 6 N–H and O–H groups in total. The average molecular weight is 473 g/mol. The Bertz CT molecular complexity index is 987. The molecule has 0 aromatic heterocycles. The third kappa shape index (κ3) is 6.33. The maximum atomic E-state index is 11.8. The first-order valence-corrected chi connectivity index (χ1v) is 11.7. The molecule has 0 heterocycles. The second-order valence-corrected chi connectivity index (χ2v) is 9.68. The molecule has 5 atom stereocenters. The maximum absolute atomic E-state index is 11.8. The fraction of sp³-hybridized carbons (Fsp3) is 0.500. The second-order valence-electron chi connectivity index (χ2n) is 9.68. The lowest BCUT2D eigenvalue weighted by molar-refractivity contribution is -0.228. The molecule has 6 heteroatoms. The molecule has 0 fully saturated rings. The predicted molar refractivity (Wildman–Crippen MR) is 134 cm³/mol.